The molecule has 1 aliphatic rings. The molecular weight excluding hydrogens is 378 g/mol. The normalized spacial score (nSPS) is 19.5. The fourth-order valence-corrected chi connectivity index (χ4v) is 3.36. The molecular formula is C19H35N5O5. The Bertz CT molecular complexity index is 596. The molecule has 3 amide bonds. The third kappa shape index (κ3) is 7.28. The predicted molar refractivity (Wildman–Crippen MR) is 108 cm³/mol. The minimum atomic E-state index is -1.13. The second-order valence-electron chi connectivity index (χ2n) is 7.89. The van der Waals surface area contributed by atoms with Crippen LogP contribution in [0.1, 0.15) is 52.9 Å². The topological polar surface area (TPSA) is 168 Å². The van der Waals surface area contributed by atoms with Crippen LogP contribution in [-0.2, 0) is 19.2 Å². The van der Waals surface area contributed by atoms with Gasteiger partial charge in [-0.25, -0.2) is 4.79 Å². The molecule has 0 saturated carbocycles. The third-order valence-corrected chi connectivity index (χ3v) is 5.04. The van der Waals surface area contributed by atoms with E-state index in [1.165, 1.54) is 4.90 Å². The zero-order valence-corrected chi connectivity index (χ0v) is 17.5. The SMILES string of the molecule is CC(N)C(=O)N1CCCC1C(=O)NC(CCCCN)C(=O)NC(C(=O)O)C(C)C. The van der Waals surface area contributed by atoms with Crippen LogP contribution in [0.4, 0.5) is 0 Å². The average molecular weight is 414 g/mol. The van der Waals surface area contributed by atoms with Gasteiger partial charge in [0, 0.05) is 6.54 Å². The van der Waals surface area contributed by atoms with Crippen LogP contribution in [0, 0.1) is 5.92 Å². The molecule has 1 heterocycles. The summed E-state index contributed by atoms with van der Waals surface area (Å²) in [6.45, 7) is 5.84. The van der Waals surface area contributed by atoms with Crippen molar-refractivity contribution in [2.24, 2.45) is 17.4 Å². The van der Waals surface area contributed by atoms with E-state index in [1.54, 1.807) is 20.8 Å². The van der Waals surface area contributed by atoms with Gasteiger partial charge >= 0.3 is 5.97 Å². The minimum Gasteiger partial charge on any atom is -0.480 e. The Morgan fingerprint density at radius 1 is 1.14 bits per heavy atom. The van der Waals surface area contributed by atoms with Gasteiger partial charge in [-0.2, -0.15) is 0 Å². The summed E-state index contributed by atoms with van der Waals surface area (Å²) < 4.78 is 0. The van der Waals surface area contributed by atoms with Gasteiger partial charge in [0.05, 0.1) is 6.04 Å². The van der Waals surface area contributed by atoms with Crippen LogP contribution in [0.5, 0.6) is 0 Å². The van der Waals surface area contributed by atoms with Crippen LogP contribution >= 0.6 is 0 Å². The zero-order chi connectivity index (χ0) is 22.1. The lowest BCUT2D eigenvalue weighted by Crippen LogP contribution is -2.57. The quantitative estimate of drug-likeness (QED) is 0.275. The van der Waals surface area contributed by atoms with Crippen LogP contribution in [0.15, 0.2) is 0 Å². The van der Waals surface area contributed by atoms with E-state index in [2.05, 4.69) is 10.6 Å². The number of hydrogen-bond acceptors (Lipinski definition) is 6. The third-order valence-electron chi connectivity index (χ3n) is 5.04. The van der Waals surface area contributed by atoms with Crippen molar-refractivity contribution >= 4 is 23.7 Å². The second-order valence-corrected chi connectivity index (χ2v) is 7.89. The average Bonchev–Trinajstić information content (AvgIpc) is 3.13. The highest BCUT2D eigenvalue weighted by atomic mass is 16.4. The smallest absolute Gasteiger partial charge is 0.326 e. The largest absolute Gasteiger partial charge is 0.480 e. The molecule has 166 valence electrons. The van der Waals surface area contributed by atoms with Crippen molar-refractivity contribution in [1.29, 1.82) is 0 Å². The number of nitrogens with one attached hydrogen (secondary N) is 2. The lowest BCUT2D eigenvalue weighted by molar-refractivity contribution is -0.144. The minimum absolute atomic E-state index is 0.308. The molecule has 10 nitrogen and oxygen atoms in total. The fraction of sp³-hybridized carbons (Fsp3) is 0.789. The van der Waals surface area contributed by atoms with Crippen molar-refractivity contribution in [3.8, 4) is 0 Å². The lowest BCUT2D eigenvalue weighted by atomic mass is 10.0. The van der Waals surface area contributed by atoms with E-state index in [0.717, 1.165) is 0 Å². The first-order valence-electron chi connectivity index (χ1n) is 10.2. The first kappa shape index (κ1) is 24.8. The highest BCUT2D eigenvalue weighted by molar-refractivity contribution is 5.94. The van der Waals surface area contributed by atoms with Crippen molar-refractivity contribution in [3.05, 3.63) is 0 Å². The van der Waals surface area contributed by atoms with Crippen molar-refractivity contribution in [2.45, 2.75) is 77.0 Å². The molecule has 7 N–H and O–H groups in total. The standard InChI is InChI=1S/C19H35N5O5/c1-11(2)15(19(28)29)23-16(25)13(7-4-5-9-20)22-17(26)14-8-6-10-24(14)18(27)12(3)21/h11-15H,4-10,20-21H2,1-3H3,(H,22,26)(H,23,25)(H,28,29). The van der Waals surface area contributed by atoms with Gasteiger partial charge in [-0.3, -0.25) is 14.4 Å². The number of aliphatic carboxylic acids is 1. The molecule has 0 bridgehead atoms. The molecule has 0 aromatic rings. The molecule has 0 spiro atoms. The molecule has 1 aliphatic heterocycles. The summed E-state index contributed by atoms with van der Waals surface area (Å²) in [5.41, 5.74) is 11.2. The van der Waals surface area contributed by atoms with E-state index in [0.29, 0.717) is 45.2 Å². The van der Waals surface area contributed by atoms with E-state index in [4.69, 9.17) is 11.5 Å². The van der Waals surface area contributed by atoms with Crippen molar-refractivity contribution in [3.63, 3.8) is 0 Å². The van der Waals surface area contributed by atoms with Gasteiger partial charge in [0.2, 0.25) is 17.7 Å². The van der Waals surface area contributed by atoms with Gasteiger partial charge in [-0.05, 0) is 51.5 Å². The van der Waals surface area contributed by atoms with Gasteiger partial charge in [0.15, 0.2) is 0 Å². The van der Waals surface area contributed by atoms with Gasteiger partial charge < -0.3 is 32.1 Å². The van der Waals surface area contributed by atoms with E-state index < -0.39 is 42.0 Å². The summed E-state index contributed by atoms with van der Waals surface area (Å²) in [5, 5.41) is 14.5. The molecule has 0 aromatic heterocycles. The van der Waals surface area contributed by atoms with Crippen LogP contribution in [0.25, 0.3) is 0 Å². The second kappa shape index (κ2) is 11.7. The number of carbonyl (C=O) groups excluding carboxylic acids is 3. The summed E-state index contributed by atoms with van der Waals surface area (Å²) in [6.07, 6.45) is 2.76. The van der Waals surface area contributed by atoms with E-state index >= 15 is 0 Å². The van der Waals surface area contributed by atoms with E-state index in [1.807, 2.05) is 0 Å². The van der Waals surface area contributed by atoms with Crippen molar-refractivity contribution in [2.75, 3.05) is 13.1 Å². The molecule has 1 saturated heterocycles. The highest BCUT2D eigenvalue weighted by Gasteiger charge is 2.37. The molecule has 1 rings (SSSR count). The van der Waals surface area contributed by atoms with Crippen LogP contribution in [-0.4, -0.2) is 71.0 Å². The van der Waals surface area contributed by atoms with Crippen LogP contribution in [0.3, 0.4) is 0 Å². The van der Waals surface area contributed by atoms with Gasteiger partial charge in [-0.15, -0.1) is 0 Å². The first-order valence-corrected chi connectivity index (χ1v) is 10.2. The molecule has 10 heteroatoms. The Morgan fingerprint density at radius 2 is 1.79 bits per heavy atom. The van der Waals surface area contributed by atoms with Gasteiger partial charge in [0.25, 0.3) is 0 Å². The number of carboxylic acids is 1. The predicted octanol–water partition coefficient (Wildman–Crippen LogP) is -0.836. The summed E-state index contributed by atoms with van der Waals surface area (Å²) in [5.74, 6) is -2.74. The van der Waals surface area contributed by atoms with Crippen molar-refractivity contribution < 1.29 is 24.3 Å². The summed E-state index contributed by atoms with van der Waals surface area (Å²) in [4.78, 5) is 50.6. The number of amides is 3. The Hall–Kier alpha value is -2.20. The zero-order valence-electron chi connectivity index (χ0n) is 17.5. The number of nitrogens with zero attached hydrogens (tertiary/aromatic N) is 1. The van der Waals surface area contributed by atoms with Crippen LogP contribution < -0.4 is 22.1 Å². The number of unbranched alkanes of at least 4 members (excludes halogenated alkanes) is 1. The molecule has 0 aliphatic carbocycles. The van der Waals surface area contributed by atoms with Crippen molar-refractivity contribution in [1.82, 2.24) is 15.5 Å². The molecule has 1 fully saturated rings. The Kier molecular flexibility index (Phi) is 10.0. The van der Waals surface area contributed by atoms with Gasteiger partial charge in [0.1, 0.15) is 18.1 Å². The number of hydrogen-bond donors (Lipinski definition) is 5. The Labute approximate surface area is 171 Å². The summed E-state index contributed by atoms with van der Waals surface area (Å²) in [7, 11) is 0. The lowest BCUT2D eigenvalue weighted by Gasteiger charge is -2.28. The highest BCUT2D eigenvalue weighted by Crippen LogP contribution is 2.19. The molecule has 0 radical (unpaired) electrons. The maximum atomic E-state index is 12.8. The summed E-state index contributed by atoms with van der Waals surface area (Å²) >= 11 is 0. The molecule has 4 atom stereocenters. The maximum absolute atomic E-state index is 12.8. The Balaban J connectivity index is 2.88. The number of likely N-dealkylation sites (tertiary alicyclic amines) is 1. The number of carbonyl (C=O) groups is 4. The molecule has 0 aromatic carbocycles. The van der Waals surface area contributed by atoms with Crippen LogP contribution in [0.2, 0.25) is 0 Å². The first-order chi connectivity index (χ1) is 13.6. The number of rotatable bonds is 11. The number of nitrogens with two attached hydrogens (primary N) is 2. The van der Waals surface area contributed by atoms with E-state index in [9.17, 15) is 24.3 Å². The molecule has 29 heavy (non-hydrogen) atoms. The fourth-order valence-electron chi connectivity index (χ4n) is 3.36. The Morgan fingerprint density at radius 3 is 2.31 bits per heavy atom. The summed E-state index contributed by atoms with van der Waals surface area (Å²) in [6, 6.07) is -3.35. The molecule has 4 unspecified atom stereocenters. The van der Waals surface area contributed by atoms with E-state index in [-0.39, 0.29) is 11.8 Å². The van der Waals surface area contributed by atoms with Gasteiger partial charge in [-0.1, -0.05) is 13.8 Å². The number of carboxylic acid groups (broad SMARTS) is 1. The monoisotopic (exact) mass is 413 g/mol. The maximum Gasteiger partial charge on any atom is 0.326 e.